The summed E-state index contributed by atoms with van der Waals surface area (Å²) in [5.74, 6) is 0.652. The molecule has 1 fully saturated rings. The van der Waals surface area contributed by atoms with Crippen molar-refractivity contribution < 1.29 is 22.7 Å². The van der Waals surface area contributed by atoms with Crippen LogP contribution >= 0.6 is 0 Å². The number of rotatable bonds is 3. The van der Waals surface area contributed by atoms with Gasteiger partial charge >= 0.3 is 12.3 Å². The minimum Gasteiger partial charge on any atom is -0.444 e. The number of nitrogens with one attached hydrogen (secondary N) is 1. The van der Waals surface area contributed by atoms with E-state index in [1.54, 1.807) is 37.6 Å². The normalized spacial score (nSPS) is 17.1. The second-order valence-corrected chi connectivity index (χ2v) is 8.76. The highest BCUT2D eigenvalue weighted by Crippen LogP contribution is 2.32. The second kappa shape index (κ2) is 7.99. The van der Waals surface area contributed by atoms with Gasteiger partial charge in [-0.2, -0.15) is 13.2 Å². The standard InChI is InChI=1S/C22H24F3N5O2/c1-21(2,3)32-20(31)27-16-8-10-29(12-16)17-13-30-11-9-26-19(30)18(28-17)14-4-6-15(7-5-14)22(23,24)25/h4-7,9,11,13,16H,8,10,12H2,1-3H3,(H,27,31). The zero-order valence-corrected chi connectivity index (χ0v) is 18.0. The quantitative estimate of drug-likeness (QED) is 0.639. The average Bonchev–Trinajstić information content (AvgIpc) is 3.34. The highest BCUT2D eigenvalue weighted by Gasteiger charge is 2.31. The summed E-state index contributed by atoms with van der Waals surface area (Å²) >= 11 is 0. The number of halogens is 3. The molecule has 7 nitrogen and oxygen atoms in total. The third kappa shape index (κ3) is 4.79. The molecule has 1 saturated heterocycles. The Hall–Kier alpha value is -3.30. The zero-order valence-electron chi connectivity index (χ0n) is 18.0. The summed E-state index contributed by atoms with van der Waals surface area (Å²) in [5, 5.41) is 2.88. The lowest BCUT2D eigenvalue weighted by Gasteiger charge is -2.22. The van der Waals surface area contributed by atoms with Gasteiger partial charge in [0.2, 0.25) is 0 Å². The van der Waals surface area contributed by atoms with Gasteiger partial charge in [0.15, 0.2) is 5.65 Å². The van der Waals surface area contributed by atoms with Crippen molar-refractivity contribution >= 4 is 17.6 Å². The molecule has 3 heterocycles. The molecule has 1 aromatic carbocycles. The van der Waals surface area contributed by atoms with Gasteiger partial charge < -0.3 is 19.4 Å². The SMILES string of the molecule is CC(C)(C)OC(=O)NC1CCN(c2cn3ccnc3c(-c3ccc(C(F)(F)F)cc3)n2)C1. The maximum absolute atomic E-state index is 12.9. The highest BCUT2D eigenvalue weighted by atomic mass is 19.4. The summed E-state index contributed by atoms with van der Waals surface area (Å²) in [5.41, 5.74) is 0.291. The molecule has 0 saturated carbocycles. The number of fused-ring (bicyclic) bond motifs is 1. The van der Waals surface area contributed by atoms with E-state index in [-0.39, 0.29) is 6.04 Å². The van der Waals surface area contributed by atoms with Crippen molar-refractivity contribution in [2.75, 3.05) is 18.0 Å². The molecule has 170 valence electrons. The Morgan fingerprint density at radius 3 is 2.56 bits per heavy atom. The third-order valence-corrected chi connectivity index (χ3v) is 5.08. The predicted octanol–water partition coefficient (Wildman–Crippen LogP) is 4.52. The van der Waals surface area contributed by atoms with Crippen molar-refractivity contribution in [1.29, 1.82) is 0 Å². The molecule has 1 N–H and O–H groups in total. The van der Waals surface area contributed by atoms with E-state index in [2.05, 4.69) is 10.3 Å². The molecule has 10 heteroatoms. The molecule has 1 unspecified atom stereocenters. The zero-order chi connectivity index (χ0) is 23.1. The summed E-state index contributed by atoms with van der Waals surface area (Å²) < 4.78 is 45.9. The van der Waals surface area contributed by atoms with E-state index in [1.807, 2.05) is 11.1 Å². The molecule has 4 rings (SSSR count). The van der Waals surface area contributed by atoms with E-state index >= 15 is 0 Å². The summed E-state index contributed by atoms with van der Waals surface area (Å²) in [7, 11) is 0. The summed E-state index contributed by atoms with van der Waals surface area (Å²) in [6, 6.07) is 4.79. The topological polar surface area (TPSA) is 71.8 Å². The van der Waals surface area contributed by atoms with Gasteiger partial charge in [-0.15, -0.1) is 0 Å². The molecule has 1 aliphatic rings. The average molecular weight is 447 g/mol. The smallest absolute Gasteiger partial charge is 0.416 e. The fourth-order valence-corrected chi connectivity index (χ4v) is 3.64. The molecule has 1 atom stereocenters. The van der Waals surface area contributed by atoms with Crippen LogP contribution in [0.2, 0.25) is 0 Å². The van der Waals surface area contributed by atoms with Crippen molar-refractivity contribution in [3.8, 4) is 11.3 Å². The molecule has 1 aliphatic heterocycles. The van der Waals surface area contributed by atoms with Crippen molar-refractivity contribution in [2.45, 2.75) is 45.0 Å². The van der Waals surface area contributed by atoms with Gasteiger partial charge in [0.25, 0.3) is 0 Å². The Kier molecular flexibility index (Phi) is 5.47. The lowest BCUT2D eigenvalue weighted by atomic mass is 10.1. The Morgan fingerprint density at radius 1 is 1.19 bits per heavy atom. The van der Waals surface area contributed by atoms with Gasteiger partial charge in [-0.25, -0.2) is 14.8 Å². The van der Waals surface area contributed by atoms with E-state index in [9.17, 15) is 18.0 Å². The number of carbonyl (C=O) groups is 1. The minimum absolute atomic E-state index is 0.0975. The van der Waals surface area contributed by atoms with Crippen LogP contribution in [0.15, 0.2) is 42.9 Å². The fourth-order valence-electron chi connectivity index (χ4n) is 3.64. The maximum Gasteiger partial charge on any atom is 0.416 e. The van der Waals surface area contributed by atoms with Gasteiger partial charge in [0, 0.05) is 31.0 Å². The lowest BCUT2D eigenvalue weighted by molar-refractivity contribution is -0.137. The molecule has 2 aromatic heterocycles. The molecule has 32 heavy (non-hydrogen) atoms. The first-order valence-electron chi connectivity index (χ1n) is 10.3. The van der Waals surface area contributed by atoms with E-state index in [0.29, 0.717) is 35.8 Å². The van der Waals surface area contributed by atoms with Crippen molar-refractivity contribution in [2.24, 2.45) is 0 Å². The largest absolute Gasteiger partial charge is 0.444 e. The van der Waals surface area contributed by atoms with E-state index in [4.69, 9.17) is 9.72 Å². The van der Waals surface area contributed by atoms with Crippen LogP contribution in [0, 0.1) is 0 Å². The number of hydrogen-bond donors (Lipinski definition) is 1. The number of aromatic nitrogens is 3. The molecule has 3 aromatic rings. The summed E-state index contributed by atoms with van der Waals surface area (Å²) in [6.45, 7) is 6.63. The van der Waals surface area contributed by atoms with Crippen LogP contribution < -0.4 is 10.2 Å². The van der Waals surface area contributed by atoms with Crippen molar-refractivity contribution in [3.63, 3.8) is 0 Å². The molecule has 0 bridgehead atoms. The maximum atomic E-state index is 12.9. The third-order valence-electron chi connectivity index (χ3n) is 5.08. The number of alkyl carbamates (subject to hydrolysis) is 1. The highest BCUT2D eigenvalue weighted by molar-refractivity contribution is 5.75. The fraction of sp³-hybridized carbons (Fsp3) is 0.409. The first-order valence-corrected chi connectivity index (χ1v) is 10.3. The summed E-state index contributed by atoms with van der Waals surface area (Å²) in [4.78, 5) is 23.1. The first-order chi connectivity index (χ1) is 15.0. The van der Waals surface area contributed by atoms with E-state index in [0.717, 1.165) is 18.6 Å². The number of benzene rings is 1. The van der Waals surface area contributed by atoms with Gasteiger partial charge in [0.1, 0.15) is 17.1 Å². The number of imidazole rings is 1. The second-order valence-electron chi connectivity index (χ2n) is 8.76. The van der Waals surface area contributed by atoms with Crippen molar-refractivity contribution in [1.82, 2.24) is 19.7 Å². The van der Waals surface area contributed by atoms with Crippen LogP contribution in [-0.4, -0.2) is 45.2 Å². The van der Waals surface area contributed by atoms with Crippen LogP contribution in [0.25, 0.3) is 16.9 Å². The van der Waals surface area contributed by atoms with Crippen LogP contribution in [0.1, 0.15) is 32.8 Å². The van der Waals surface area contributed by atoms with Crippen LogP contribution in [0.5, 0.6) is 0 Å². The van der Waals surface area contributed by atoms with Gasteiger partial charge in [-0.3, -0.25) is 0 Å². The van der Waals surface area contributed by atoms with E-state index < -0.39 is 23.4 Å². The Morgan fingerprint density at radius 2 is 1.91 bits per heavy atom. The Balaban J connectivity index is 1.57. The monoisotopic (exact) mass is 447 g/mol. The number of carbonyl (C=O) groups excluding carboxylic acids is 1. The minimum atomic E-state index is -4.40. The summed E-state index contributed by atoms with van der Waals surface area (Å²) in [6.07, 6.45) is 1.06. The van der Waals surface area contributed by atoms with Gasteiger partial charge in [-0.1, -0.05) is 12.1 Å². The molecule has 0 spiro atoms. The van der Waals surface area contributed by atoms with E-state index in [1.165, 1.54) is 12.1 Å². The van der Waals surface area contributed by atoms with Gasteiger partial charge in [-0.05, 0) is 39.3 Å². The number of alkyl halides is 3. The number of hydrogen-bond acceptors (Lipinski definition) is 5. The van der Waals surface area contributed by atoms with Crippen molar-refractivity contribution in [3.05, 3.63) is 48.4 Å². The number of nitrogens with zero attached hydrogens (tertiary/aromatic N) is 4. The number of anilines is 1. The van der Waals surface area contributed by atoms with Crippen LogP contribution in [0.3, 0.4) is 0 Å². The Labute approximate surface area is 183 Å². The van der Waals surface area contributed by atoms with Crippen LogP contribution in [0.4, 0.5) is 23.8 Å². The molecular weight excluding hydrogens is 423 g/mol. The first kappa shape index (κ1) is 21.9. The molecule has 0 radical (unpaired) electrons. The molecular formula is C22H24F3N5O2. The van der Waals surface area contributed by atoms with Crippen LogP contribution in [-0.2, 0) is 10.9 Å². The molecule has 1 amide bonds. The molecule has 0 aliphatic carbocycles. The lowest BCUT2D eigenvalue weighted by Crippen LogP contribution is -2.40. The van der Waals surface area contributed by atoms with Gasteiger partial charge in [0.05, 0.1) is 17.8 Å². The predicted molar refractivity (Wildman–Crippen MR) is 113 cm³/mol. The number of amides is 1. The number of ether oxygens (including phenoxy) is 1. The Bertz CT molecular complexity index is 1120.